The van der Waals surface area contributed by atoms with Crippen LogP contribution in [0.4, 0.5) is 4.39 Å². The Morgan fingerprint density at radius 2 is 2.26 bits per heavy atom. The molecule has 1 saturated heterocycles. The topological polar surface area (TPSA) is 47.4 Å². The summed E-state index contributed by atoms with van der Waals surface area (Å²) >= 11 is 0. The molecule has 0 N–H and O–H groups in total. The molecule has 2 aromatic rings. The first-order chi connectivity index (χ1) is 11.1. The predicted molar refractivity (Wildman–Crippen MR) is 83.6 cm³/mol. The molecular formula is C17H20FN3O2. The van der Waals surface area contributed by atoms with Gasteiger partial charge in [0, 0.05) is 44.9 Å². The van der Waals surface area contributed by atoms with Gasteiger partial charge in [-0.05, 0) is 12.5 Å². The number of carbonyl (C=O) groups excluding carboxylic acids is 1. The lowest BCUT2D eigenvalue weighted by molar-refractivity contribution is 0.0782. The molecule has 1 aliphatic heterocycles. The van der Waals surface area contributed by atoms with Crippen LogP contribution in [-0.2, 0) is 18.3 Å². The molecule has 1 amide bonds. The Morgan fingerprint density at radius 3 is 2.96 bits per heavy atom. The fourth-order valence-electron chi connectivity index (χ4n) is 2.88. The Hall–Kier alpha value is -2.21. The largest absolute Gasteiger partial charge is 0.381 e. The van der Waals surface area contributed by atoms with Gasteiger partial charge in [-0.15, -0.1) is 0 Å². The highest BCUT2D eigenvalue weighted by atomic mass is 19.1. The Balaban J connectivity index is 1.81. The van der Waals surface area contributed by atoms with Crippen molar-refractivity contribution in [1.29, 1.82) is 0 Å². The van der Waals surface area contributed by atoms with Crippen molar-refractivity contribution in [2.45, 2.75) is 18.9 Å². The molecule has 122 valence electrons. The van der Waals surface area contributed by atoms with Crippen molar-refractivity contribution in [3.8, 4) is 0 Å². The van der Waals surface area contributed by atoms with Gasteiger partial charge in [0.25, 0.3) is 5.91 Å². The SMILES string of the molecule is CN(Cc1ccccc1F)C(=O)c1cn(C)nc1C1CCOC1. The van der Waals surface area contributed by atoms with Crippen molar-refractivity contribution < 1.29 is 13.9 Å². The van der Waals surface area contributed by atoms with Gasteiger partial charge in [0.2, 0.25) is 0 Å². The number of ether oxygens (including phenoxy) is 1. The fraction of sp³-hybridized carbons (Fsp3) is 0.412. The van der Waals surface area contributed by atoms with E-state index in [0.29, 0.717) is 24.3 Å². The molecule has 0 bridgehead atoms. The minimum atomic E-state index is -0.303. The summed E-state index contributed by atoms with van der Waals surface area (Å²) in [6, 6.07) is 6.50. The van der Waals surface area contributed by atoms with Gasteiger partial charge in [-0.2, -0.15) is 5.10 Å². The van der Waals surface area contributed by atoms with Crippen molar-refractivity contribution in [2.75, 3.05) is 20.3 Å². The summed E-state index contributed by atoms with van der Waals surface area (Å²) in [6.45, 7) is 1.51. The van der Waals surface area contributed by atoms with E-state index in [1.54, 1.807) is 43.2 Å². The number of halogens is 1. The van der Waals surface area contributed by atoms with Gasteiger partial charge in [0.1, 0.15) is 5.82 Å². The van der Waals surface area contributed by atoms with Crippen molar-refractivity contribution >= 4 is 5.91 Å². The lowest BCUT2D eigenvalue weighted by Gasteiger charge is -2.18. The first-order valence-electron chi connectivity index (χ1n) is 7.66. The Morgan fingerprint density at radius 1 is 1.48 bits per heavy atom. The highest BCUT2D eigenvalue weighted by Crippen LogP contribution is 2.27. The maximum atomic E-state index is 13.8. The van der Waals surface area contributed by atoms with Gasteiger partial charge in [0.15, 0.2) is 0 Å². The van der Waals surface area contributed by atoms with Gasteiger partial charge >= 0.3 is 0 Å². The average molecular weight is 317 g/mol. The van der Waals surface area contributed by atoms with Crippen LogP contribution in [0.5, 0.6) is 0 Å². The minimum Gasteiger partial charge on any atom is -0.381 e. The molecule has 0 radical (unpaired) electrons. The third-order valence-corrected chi connectivity index (χ3v) is 4.12. The quantitative estimate of drug-likeness (QED) is 0.869. The van der Waals surface area contributed by atoms with E-state index in [4.69, 9.17) is 4.74 Å². The highest BCUT2D eigenvalue weighted by Gasteiger charge is 2.28. The Labute approximate surface area is 134 Å². The Kier molecular flexibility index (Phi) is 4.43. The maximum Gasteiger partial charge on any atom is 0.257 e. The lowest BCUT2D eigenvalue weighted by atomic mass is 10.0. The number of benzene rings is 1. The van der Waals surface area contributed by atoms with E-state index in [1.807, 2.05) is 0 Å². The van der Waals surface area contributed by atoms with E-state index in [9.17, 15) is 9.18 Å². The molecule has 1 aliphatic rings. The average Bonchev–Trinajstić information content (AvgIpc) is 3.17. The van der Waals surface area contributed by atoms with E-state index in [-0.39, 0.29) is 24.2 Å². The van der Waals surface area contributed by atoms with Crippen molar-refractivity contribution in [3.05, 3.63) is 53.1 Å². The molecule has 3 rings (SSSR count). The van der Waals surface area contributed by atoms with Gasteiger partial charge in [0.05, 0.1) is 17.9 Å². The number of nitrogens with zero attached hydrogens (tertiary/aromatic N) is 3. The predicted octanol–water partition coefficient (Wildman–Crippen LogP) is 2.34. The minimum absolute atomic E-state index is 0.150. The molecule has 2 heterocycles. The lowest BCUT2D eigenvalue weighted by Crippen LogP contribution is -2.27. The molecule has 1 unspecified atom stereocenters. The third kappa shape index (κ3) is 3.27. The van der Waals surface area contributed by atoms with Crippen LogP contribution in [0.3, 0.4) is 0 Å². The fourth-order valence-corrected chi connectivity index (χ4v) is 2.88. The summed E-state index contributed by atoms with van der Waals surface area (Å²) in [4.78, 5) is 14.3. The summed E-state index contributed by atoms with van der Waals surface area (Å²) in [5.41, 5.74) is 1.84. The van der Waals surface area contributed by atoms with Crippen LogP contribution in [0.2, 0.25) is 0 Å². The van der Waals surface area contributed by atoms with Crippen molar-refractivity contribution in [2.24, 2.45) is 7.05 Å². The smallest absolute Gasteiger partial charge is 0.257 e. The molecule has 1 aromatic carbocycles. The van der Waals surface area contributed by atoms with Gasteiger partial charge in [-0.3, -0.25) is 9.48 Å². The first-order valence-corrected chi connectivity index (χ1v) is 7.66. The van der Waals surface area contributed by atoms with Crippen LogP contribution in [0, 0.1) is 5.82 Å². The van der Waals surface area contributed by atoms with E-state index >= 15 is 0 Å². The summed E-state index contributed by atoms with van der Waals surface area (Å²) in [6.07, 6.45) is 2.60. The second kappa shape index (κ2) is 6.50. The van der Waals surface area contributed by atoms with Crippen LogP contribution in [0.25, 0.3) is 0 Å². The van der Waals surface area contributed by atoms with Gasteiger partial charge in [-0.25, -0.2) is 4.39 Å². The number of rotatable bonds is 4. The zero-order valence-corrected chi connectivity index (χ0v) is 13.3. The van der Waals surface area contributed by atoms with Crippen LogP contribution < -0.4 is 0 Å². The molecule has 6 heteroatoms. The molecule has 1 atom stereocenters. The third-order valence-electron chi connectivity index (χ3n) is 4.12. The van der Waals surface area contributed by atoms with Crippen LogP contribution in [0.15, 0.2) is 30.5 Å². The van der Waals surface area contributed by atoms with E-state index in [2.05, 4.69) is 5.10 Å². The Bertz CT molecular complexity index is 708. The molecule has 0 saturated carbocycles. The zero-order chi connectivity index (χ0) is 16.4. The summed E-state index contributed by atoms with van der Waals surface area (Å²) < 4.78 is 20.8. The van der Waals surface area contributed by atoms with Crippen LogP contribution in [-0.4, -0.2) is 40.8 Å². The van der Waals surface area contributed by atoms with Crippen LogP contribution >= 0.6 is 0 Å². The molecule has 1 fully saturated rings. The van der Waals surface area contributed by atoms with Gasteiger partial charge < -0.3 is 9.64 Å². The van der Waals surface area contributed by atoms with E-state index in [1.165, 1.54) is 11.0 Å². The molecule has 23 heavy (non-hydrogen) atoms. The molecule has 5 nitrogen and oxygen atoms in total. The number of amides is 1. The number of carbonyl (C=O) groups is 1. The van der Waals surface area contributed by atoms with E-state index in [0.717, 1.165) is 12.1 Å². The maximum absolute atomic E-state index is 13.8. The monoisotopic (exact) mass is 317 g/mol. The highest BCUT2D eigenvalue weighted by molar-refractivity contribution is 5.95. The second-order valence-corrected chi connectivity index (χ2v) is 5.91. The summed E-state index contributed by atoms with van der Waals surface area (Å²) in [5, 5.41) is 4.44. The molecular weight excluding hydrogens is 297 g/mol. The van der Waals surface area contributed by atoms with Gasteiger partial charge in [-0.1, -0.05) is 18.2 Å². The number of hydrogen-bond donors (Lipinski definition) is 0. The molecule has 1 aromatic heterocycles. The number of aromatic nitrogens is 2. The summed E-state index contributed by atoms with van der Waals surface area (Å²) in [7, 11) is 3.48. The van der Waals surface area contributed by atoms with Crippen LogP contribution in [0.1, 0.15) is 34.0 Å². The normalized spacial score (nSPS) is 17.4. The second-order valence-electron chi connectivity index (χ2n) is 5.91. The van der Waals surface area contributed by atoms with Crippen molar-refractivity contribution in [1.82, 2.24) is 14.7 Å². The number of hydrogen-bond acceptors (Lipinski definition) is 3. The van der Waals surface area contributed by atoms with Crippen molar-refractivity contribution in [3.63, 3.8) is 0 Å². The molecule has 0 aliphatic carbocycles. The first kappa shape index (κ1) is 15.7. The zero-order valence-electron chi connectivity index (χ0n) is 13.3. The molecule has 0 spiro atoms. The summed E-state index contributed by atoms with van der Waals surface area (Å²) in [5.74, 6) is -0.303. The van der Waals surface area contributed by atoms with E-state index < -0.39 is 0 Å². The number of aryl methyl sites for hydroxylation is 1. The standard InChI is InChI=1S/C17H20FN3O2/c1-20(9-12-5-3-4-6-15(12)18)17(22)14-10-21(2)19-16(14)13-7-8-23-11-13/h3-6,10,13H,7-9,11H2,1-2H3.